The molecule has 4 heteroatoms. The number of hydrogen-bond acceptors (Lipinski definition) is 3. The van der Waals surface area contributed by atoms with E-state index in [0.29, 0.717) is 13.0 Å². The van der Waals surface area contributed by atoms with Gasteiger partial charge in [-0.2, -0.15) is 12.6 Å². The van der Waals surface area contributed by atoms with E-state index in [0.717, 1.165) is 5.56 Å². The van der Waals surface area contributed by atoms with Crippen LogP contribution in [0.15, 0.2) is 42.5 Å². The molecule has 1 amide bonds. The first-order valence-corrected chi connectivity index (χ1v) is 7.53. The first kappa shape index (κ1) is 14.2. The summed E-state index contributed by atoms with van der Waals surface area (Å²) in [6.45, 7) is 2.65. The van der Waals surface area contributed by atoms with Gasteiger partial charge in [-0.3, -0.25) is 4.79 Å². The van der Waals surface area contributed by atoms with Crippen molar-refractivity contribution >= 4 is 29.9 Å². The van der Waals surface area contributed by atoms with Crippen molar-refractivity contribution in [2.75, 3.05) is 0 Å². The van der Waals surface area contributed by atoms with Gasteiger partial charge in [0.05, 0.1) is 11.8 Å². The molecule has 0 radical (unpaired) electrons. The fourth-order valence-electron chi connectivity index (χ4n) is 1.80. The number of nitrogens with one attached hydrogen (secondary N) is 1. The lowest BCUT2D eigenvalue weighted by molar-refractivity contribution is -0.120. The summed E-state index contributed by atoms with van der Waals surface area (Å²) in [6.07, 6.45) is 0.652. The molecule has 0 saturated heterocycles. The van der Waals surface area contributed by atoms with E-state index < -0.39 is 0 Å². The van der Waals surface area contributed by atoms with E-state index >= 15 is 0 Å². The Bertz CT molecular complexity index is 536. The van der Waals surface area contributed by atoms with Gasteiger partial charge in [0, 0.05) is 9.75 Å². The van der Waals surface area contributed by atoms with Crippen LogP contribution in [0.25, 0.3) is 0 Å². The van der Waals surface area contributed by atoms with Crippen molar-refractivity contribution in [3.63, 3.8) is 0 Å². The van der Waals surface area contributed by atoms with Gasteiger partial charge in [-0.1, -0.05) is 30.3 Å². The Balaban J connectivity index is 1.82. The summed E-state index contributed by atoms with van der Waals surface area (Å²) in [4.78, 5) is 14.4. The van der Waals surface area contributed by atoms with Crippen LogP contribution in [0.2, 0.25) is 0 Å². The molecule has 1 heterocycles. The Labute approximate surface area is 123 Å². The molecule has 0 fully saturated rings. The molecule has 0 saturated carbocycles. The molecule has 1 unspecified atom stereocenters. The zero-order valence-corrected chi connectivity index (χ0v) is 12.5. The molecule has 2 nitrogen and oxygen atoms in total. The number of hydrogen-bond donors (Lipinski definition) is 2. The highest BCUT2D eigenvalue weighted by molar-refractivity contribution is 7.81. The minimum atomic E-state index is -0.302. The van der Waals surface area contributed by atoms with E-state index in [1.54, 1.807) is 11.3 Å². The summed E-state index contributed by atoms with van der Waals surface area (Å²) in [6, 6.07) is 14.1. The van der Waals surface area contributed by atoms with Gasteiger partial charge in [0.2, 0.25) is 5.91 Å². The highest BCUT2D eigenvalue weighted by atomic mass is 32.1. The maximum atomic E-state index is 11.9. The van der Waals surface area contributed by atoms with E-state index in [2.05, 4.69) is 30.9 Å². The Morgan fingerprint density at radius 2 is 2.00 bits per heavy atom. The van der Waals surface area contributed by atoms with E-state index in [4.69, 9.17) is 0 Å². The lowest BCUT2D eigenvalue weighted by Gasteiger charge is -2.11. The molecule has 1 aromatic heterocycles. The van der Waals surface area contributed by atoms with E-state index in [9.17, 15) is 4.79 Å². The van der Waals surface area contributed by atoms with Crippen LogP contribution in [0.4, 0.5) is 0 Å². The number of aryl methyl sites for hydroxylation is 1. The number of rotatable bonds is 5. The molecular formula is C15H17NOS2. The van der Waals surface area contributed by atoms with Crippen molar-refractivity contribution < 1.29 is 4.79 Å². The zero-order valence-electron chi connectivity index (χ0n) is 10.8. The Morgan fingerprint density at radius 1 is 1.26 bits per heavy atom. The normalized spacial score (nSPS) is 12.1. The van der Waals surface area contributed by atoms with Crippen LogP contribution < -0.4 is 5.32 Å². The van der Waals surface area contributed by atoms with E-state index in [1.807, 2.05) is 36.4 Å². The molecular weight excluding hydrogens is 274 g/mol. The number of amides is 1. The molecule has 0 spiro atoms. The van der Waals surface area contributed by atoms with Gasteiger partial charge in [0.15, 0.2) is 0 Å². The highest BCUT2D eigenvalue weighted by Crippen LogP contribution is 2.15. The quantitative estimate of drug-likeness (QED) is 0.814. The van der Waals surface area contributed by atoms with Gasteiger partial charge in [0.25, 0.3) is 0 Å². The highest BCUT2D eigenvalue weighted by Gasteiger charge is 2.14. The van der Waals surface area contributed by atoms with Crippen molar-refractivity contribution in [1.29, 1.82) is 0 Å². The third kappa shape index (κ3) is 4.40. The Kier molecular flexibility index (Phi) is 5.05. The number of thiol groups is 1. The summed E-state index contributed by atoms with van der Waals surface area (Å²) in [5.74, 6) is -0.0155. The second-order valence-electron chi connectivity index (χ2n) is 4.44. The minimum Gasteiger partial charge on any atom is -0.350 e. The van der Waals surface area contributed by atoms with Crippen LogP contribution in [-0.2, 0) is 17.8 Å². The zero-order chi connectivity index (χ0) is 13.7. The van der Waals surface area contributed by atoms with Gasteiger partial charge >= 0.3 is 0 Å². The Morgan fingerprint density at radius 3 is 2.63 bits per heavy atom. The number of carbonyl (C=O) groups is 1. The van der Waals surface area contributed by atoms with E-state index in [-0.39, 0.29) is 11.2 Å². The first-order chi connectivity index (χ1) is 9.15. The van der Waals surface area contributed by atoms with Crippen molar-refractivity contribution in [3.8, 4) is 0 Å². The topological polar surface area (TPSA) is 29.1 Å². The predicted octanol–water partition coefficient (Wildman–Crippen LogP) is 3.21. The van der Waals surface area contributed by atoms with Gasteiger partial charge in [-0.25, -0.2) is 0 Å². The minimum absolute atomic E-state index is 0.0155. The molecule has 1 atom stereocenters. The van der Waals surface area contributed by atoms with Gasteiger partial charge < -0.3 is 5.32 Å². The number of benzene rings is 1. The monoisotopic (exact) mass is 291 g/mol. The van der Waals surface area contributed by atoms with Crippen molar-refractivity contribution in [2.24, 2.45) is 0 Å². The molecule has 1 N–H and O–H groups in total. The average Bonchev–Trinajstić information content (AvgIpc) is 2.83. The molecule has 0 aliphatic carbocycles. The van der Waals surface area contributed by atoms with Crippen LogP contribution in [0, 0.1) is 6.92 Å². The number of carbonyl (C=O) groups excluding carboxylic acids is 1. The number of thiophene rings is 1. The summed E-state index contributed by atoms with van der Waals surface area (Å²) < 4.78 is 0. The molecule has 19 heavy (non-hydrogen) atoms. The Hall–Kier alpha value is -1.26. The van der Waals surface area contributed by atoms with Crippen LogP contribution in [0.3, 0.4) is 0 Å². The fraction of sp³-hybridized carbons (Fsp3) is 0.267. The van der Waals surface area contributed by atoms with Crippen LogP contribution in [0.5, 0.6) is 0 Å². The SMILES string of the molecule is Cc1ccc(CNC(=O)C(S)Cc2ccccc2)s1. The fourth-order valence-corrected chi connectivity index (χ4v) is 2.93. The lowest BCUT2D eigenvalue weighted by Crippen LogP contribution is -2.32. The summed E-state index contributed by atoms with van der Waals surface area (Å²) in [5, 5.41) is 2.63. The molecule has 0 aliphatic heterocycles. The predicted molar refractivity (Wildman–Crippen MR) is 83.8 cm³/mol. The second kappa shape index (κ2) is 6.78. The molecule has 0 bridgehead atoms. The standard InChI is InChI=1S/C15H17NOS2/c1-11-7-8-13(19-11)10-16-15(17)14(18)9-12-5-3-2-4-6-12/h2-8,14,18H,9-10H2,1H3,(H,16,17). The summed E-state index contributed by atoms with van der Waals surface area (Å²) >= 11 is 6.09. The van der Waals surface area contributed by atoms with Crippen LogP contribution >= 0.6 is 24.0 Å². The third-order valence-electron chi connectivity index (χ3n) is 2.81. The largest absolute Gasteiger partial charge is 0.350 e. The van der Waals surface area contributed by atoms with Gasteiger partial charge in [0.1, 0.15) is 0 Å². The molecule has 1 aromatic carbocycles. The van der Waals surface area contributed by atoms with Gasteiger partial charge in [-0.05, 0) is 31.0 Å². The van der Waals surface area contributed by atoms with Crippen LogP contribution in [0.1, 0.15) is 15.3 Å². The lowest BCUT2D eigenvalue weighted by atomic mass is 10.1. The van der Waals surface area contributed by atoms with Crippen LogP contribution in [-0.4, -0.2) is 11.2 Å². The molecule has 0 aliphatic rings. The molecule has 2 rings (SSSR count). The van der Waals surface area contributed by atoms with Crippen molar-refractivity contribution in [2.45, 2.75) is 25.1 Å². The maximum Gasteiger partial charge on any atom is 0.233 e. The van der Waals surface area contributed by atoms with E-state index in [1.165, 1.54) is 9.75 Å². The second-order valence-corrected chi connectivity index (χ2v) is 6.43. The molecule has 100 valence electrons. The molecule has 2 aromatic rings. The smallest absolute Gasteiger partial charge is 0.233 e. The van der Waals surface area contributed by atoms with Crippen molar-refractivity contribution in [1.82, 2.24) is 5.32 Å². The first-order valence-electron chi connectivity index (χ1n) is 6.20. The average molecular weight is 291 g/mol. The van der Waals surface area contributed by atoms with Crippen molar-refractivity contribution in [3.05, 3.63) is 57.8 Å². The third-order valence-corrected chi connectivity index (χ3v) is 4.23. The summed E-state index contributed by atoms with van der Waals surface area (Å²) in [5.41, 5.74) is 1.13. The van der Waals surface area contributed by atoms with Gasteiger partial charge in [-0.15, -0.1) is 11.3 Å². The summed E-state index contributed by atoms with van der Waals surface area (Å²) in [7, 11) is 0. The maximum absolute atomic E-state index is 11.9.